The quantitative estimate of drug-likeness (QED) is 0.667. The van der Waals surface area contributed by atoms with Gasteiger partial charge in [0, 0.05) is 23.0 Å². The molecule has 8 heteroatoms. The minimum absolute atomic E-state index is 0. The van der Waals surface area contributed by atoms with E-state index >= 15 is 0 Å². The molecule has 0 aliphatic rings. The summed E-state index contributed by atoms with van der Waals surface area (Å²) in [7, 11) is 1.28. The number of halogens is 3. The summed E-state index contributed by atoms with van der Waals surface area (Å²) in [6, 6.07) is 7.89. The number of rotatable bonds is 3. The van der Waals surface area contributed by atoms with Crippen LogP contribution in [0.3, 0.4) is 0 Å². The highest BCUT2D eigenvalue weighted by atomic mass is 35.5. The smallest absolute Gasteiger partial charge is 0.341 e. The molecule has 0 fully saturated rings. The highest BCUT2D eigenvalue weighted by Crippen LogP contribution is 2.30. The molecular formula is C17H14Cl2FN3O2. The second-order valence-electron chi connectivity index (χ2n) is 5.12. The highest BCUT2D eigenvalue weighted by molar-refractivity contribution is 6.30. The third-order valence-corrected chi connectivity index (χ3v) is 3.77. The van der Waals surface area contributed by atoms with E-state index in [9.17, 15) is 9.18 Å². The van der Waals surface area contributed by atoms with Gasteiger partial charge >= 0.3 is 5.97 Å². The van der Waals surface area contributed by atoms with Gasteiger partial charge < -0.3 is 10.1 Å². The van der Waals surface area contributed by atoms with Crippen LogP contribution in [-0.2, 0) is 4.74 Å². The molecule has 25 heavy (non-hydrogen) atoms. The van der Waals surface area contributed by atoms with Gasteiger partial charge in [-0.1, -0.05) is 11.6 Å². The molecule has 1 aromatic carbocycles. The summed E-state index contributed by atoms with van der Waals surface area (Å²) < 4.78 is 18.5. The molecule has 0 saturated heterocycles. The Labute approximate surface area is 154 Å². The van der Waals surface area contributed by atoms with Gasteiger partial charge in [0.05, 0.1) is 17.8 Å². The van der Waals surface area contributed by atoms with Crippen molar-refractivity contribution >= 4 is 52.4 Å². The molecule has 0 radical (unpaired) electrons. The Bertz CT molecular complexity index is 951. The van der Waals surface area contributed by atoms with Crippen molar-refractivity contribution in [3.8, 4) is 0 Å². The number of methoxy groups -OCH3 is 1. The second kappa shape index (κ2) is 7.63. The number of carbonyl (C=O) groups is 1. The Morgan fingerprint density at radius 3 is 2.72 bits per heavy atom. The number of nitrogens with one attached hydrogen (secondary N) is 1. The summed E-state index contributed by atoms with van der Waals surface area (Å²) in [4.78, 5) is 20.6. The lowest BCUT2D eigenvalue weighted by Gasteiger charge is -2.13. The Kier molecular flexibility index (Phi) is 5.77. The van der Waals surface area contributed by atoms with Crippen LogP contribution in [0.5, 0.6) is 0 Å². The summed E-state index contributed by atoms with van der Waals surface area (Å²) in [5, 5.41) is 3.68. The third-order valence-electron chi connectivity index (χ3n) is 3.46. The zero-order valence-corrected chi connectivity index (χ0v) is 14.9. The normalized spacial score (nSPS) is 10.2. The average Bonchev–Trinajstić information content (AvgIpc) is 2.57. The van der Waals surface area contributed by atoms with Crippen LogP contribution in [0.15, 0.2) is 36.5 Å². The van der Waals surface area contributed by atoms with Crippen LogP contribution >= 0.6 is 24.0 Å². The van der Waals surface area contributed by atoms with Gasteiger partial charge in [-0.3, -0.25) is 0 Å². The van der Waals surface area contributed by atoms with Crippen LogP contribution < -0.4 is 5.32 Å². The van der Waals surface area contributed by atoms with Crippen molar-refractivity contribution in [3.05, 3.63) is 58.6 Å². The topological polar surface area (TPSA) is 64.1 Å². The van der Waals surface area contributed by atoms with Crippen LogP contribution in [0.4, 0.5) is 15.8 Å². The first kappa shape index (κ1) is 18.9. The van der Waals surface area contributed by atoms with Crippen molar-refractivity contribution in [2.45, 2.75) is 6.92 Å². The van der Waals surface area contributed by atoms with Gasteiger partial charge in [-0.15, -0.1) is 12.4 Å². The summed E-state index contributed by atoms with van der Waals surface area (Å²) in [6.07, 6.45) is 1.38. The number of anilines is 2. The van der Waals surface area contributed by atoms with E-state index in [0.29, 0.717) is 22.4 Å². The van der Waals surface area contributed by atoms with Crippen LogP contribution in [-0.4, -0.2) is 23.0 Å². The molecule has 0 spiro atoms. The summed E-state index contributed by atoms with van der Waals surface area (Å²) in [5.74, 6) is -1.12. The lowest BCUT2D eigenvalue weighted by atomic mass is 10.1. The van der Waals surface area contributed by atoms with Crippen molar-refractivity contribution in [1.29, 1.82) is 0 Å². The first-order chi connectivity index (χ1) is 11.5. The number of carbonyl (C=O) groups excluding carboxylic acids is 1. The zero-order valence-electron chi connectivity index (χ0n) is 13.3. The van der Waals surface area contributed by atoms with Crippen LogP contribution in [0, 0.1) is 12.7 Å². The Hall–Kier alpha value is -2.44. The number of benzene rings is 1. The number of ether oxygens (including phenoxy) is 1. The molecule has 0 saturated carbocycles. The summed E-state index contributed by atoms with van der Waals surface area (Å²) >= 11 is 5.70. The average molecular weight is 382 g/mol. The van der Waals surface area contributed by atoms with Gasteiger partial charge in [-0.2, -0.15) is 0 Å². The number of hydrogen-bond acceptors (Lipinski definition) is 5. The van der Waals surface area contributed by atoms with E-state index < -0.39 is 11.8 Å². The van der Waals surface area contributed by atoms with Gasteiger partial charge in [-0.25, -0.2) is 19.2 Å². The minimum Gasteiger partial charge on any atom is -0.465 e. The first-order valence-corrected chi connectivity index (χ1v) is 7.44. The SMILES string of the molecule is COC(=O)c1cnc2nc(C)ccc2c1Nc1ccc(Cl)c(F)c1.Cl. The summed E-state index contributed by atoms with van der Waals surface area (Å²) in [5.41, 5.74) is 2.38. The van der Waals surface area contributed by atoms with E-state index in [1.54, 1.807) is 18.2 Å². The van der Waals surface area contributed by atoms with Gasteiger partial charge in [0.1, 0.15) is 11.4 Å². The molecule has 2 heterocycles. The maximum Gasteiger partial charge on any atom is 0.341 e. The van der Waals surface area contributed by atoms with E-state index in [0.717, 1.165) is 5.69 Å². The Balaban J connectivity index is 0.00000225. The number of hydrogen-bond donors (Lipinski definition) is 1. The molecule has 0 atom stereocenters. The highest BCUT2D eigenvalue weighted by Gasteiger charge is 2.17. The van der Waals surface area contributed by atoms with Crippen molar-refractivity contribution in [2.75, 3.05) is 12.4 Å². The Morgan fingerprint density at radius 2 is 2.04 bits per heavy atom. The van der Waals surface area contributed by atoms with Gasteiger partial charge in [-0.05, 0) is 37.3 Å². The molecule has 2 aromatic heterocycles. The fourth-order valence-corrected chi connectivity index (χ4v) is 2.41. The largest absolute Gasteiger partial charge is 0.465 e. The van der Waals surface area contributed by atoms with E-state index in [2.05, 4.69) is 15.3 Å². The minimum atomic E-state index is -0.561. The Morgan fingerprint density at radius 1 is 1.28 bits per heavy atom. The molecule has 3 aromatic rings. The van der Waals surface area contributed by atoms with E-state index in [4.69, 9.17) is 16.3 Å². The standard InChI is InChI=1S/C17H13ClFN3O2.ClH/c1-9-3-5-11-15(22-10-4-6-13(18)14(19)7-10)12(17(23)24-2)8-20-16(11)21-9;/h3-8H,1-2H3,(H,20,21,22);1H. The molecule has 0 amide bonds. The van der Waals surface area contributed by atoms with Gasteiger partial charge in [0.15, 0.2) is 5.65 Å². The monoisotopic (exact) mass is 381 g/mol. The molecule has 0 bridgehead atoms. The van der Waals surface area contributed by atoms with E-state index in [1.807, 2.05) is 6.92 Å². The number of nitrogens with zero attached hydrogens (tertiary/aromatic N) is 2. The predicted molar refractivity (Wildman–Crippen MR) is 97.6 cm³/mol. The maximum atomic E-state index is 13.7. The van der Waals surface area contributed by atoms with E-state index in [-0.39, 0.29) is 23.0 Å². The van der Waals surface area contributed by atoms with Crippen molar-refractivity contribution < 1.29 is 13.9 Å². The molecule has 130 valence electrons. The first-order valence-electron chi connectivity index (χ1n) is 7.06. The van der Waals surface area contributed by atoms with E-state index in [1.165, 1.54) is 25.4 Å². The number of aromatic nitrogens is 2. The lowest BCUT2D eigenvalue weighted by Crippen LogP contribution is -2.08. The van der Waals surface area contributed by atoms with Crippen LogP contribution in [0.2, 0.25) is 5.02 Å². The fraction of sp³-hybridized carbons (Fsp3) is 0.118. The molecule has 0 aliphatic carbocycles. The number of pyridine rings is 2. The predicted octanol–water partition coefficient (Wildman–Crippen LogP) is 4.68. The molecule has 1 N–H and O–H groups in total. The van der Waals surface area contributed by atoms with Crippen LogP contribution in [0.25, 0.3) is 11.0 Å². The number of esters is 1. The van der Waals surface area contributed by atoms with Gasteiger partial charge in [0.25, 0.3) is 0 Å². The molecular weight excluding hydrogens is 368 g/mol. The molecule has 0 unspecified atom stereocenters. The van der Waals surface area contributed by atoms with Crippen molar-refractivity contribution in [1.82, 2.24) is 9.97 Å². The summed E-state index contributed by atoms with van der Waals surface area (Å²) in [6.45, 7) is 1.84. The molecule has 0 aliphatic heterocycles. The third kappa shape index (κ3) is 3.81. The maximum absolute atomic E-state index is 13.7. The van der Waals surface area contributed by atoms with Crippen molar-refractivity contribution in [2.24, 2.45) is 0 Å². The molecule has 5 nitrogen and oxygen atoms in total. The zero-order chi connectivity index (χ0) is 17.3. The van der Waals surface area contributed by atoms with Crippen LogP contribution in [0.1, 0.15) is 16.1 Å². The lowest BCUT2D eigenvalue weighted by molar-refractivity contribution is 0.0601. The molecule has 3 rings (SSSR count). The fourth-order valence-electron chi connectivity index (χ4n) is 2.29. The van der Waals surface area contributed by atoms with Gasteiger partial charge in [0.2, 0.25) is 0 Å². The number of aryl methyl sites for hydroxylation is 1. The second-order valence-corrected chi connectivity index (χ2v) is 5.52. The van der Waals surface area contributed by atoms with Crippen molar-refractivity contribution in [3.63, 3.8) is 0 Å². The number of fused-ring (bicyclic) bond motifs is 1.